The summed E-state index contributed by atoms with van der Waals surface area (Å²) < 4.78 is 11.2. The molecule has 2 rings (SSSR count). The van der Waals surface area contributed by atoms with E-state index in [4.69, 9.17) is 14.6 Å². The van der Waals surface area contributed by atoms with E-state index < -0.39 is 11.9 Å². The fraction of sp³-hybridized carbons (Fsp3) is 0.500. The van der Waals surface area contributed by atoms with Gasteiger partial charge in [-0.2, -0.15) is 0 Å². The lowest BCUT2D eigenvalue weighted by Crippen LogP contribution is -2.26. The fourth-order valence-corrected chi connectivity index (χ4v) is 2.05. The molecule has 0 spiro atoms. The molecule has 0 amide bonds. The number of carboxylic acid groups (broad SMARTS) is 1. The van der Waals surface area contributed by atoms with Crippen molar-refractivity contribution in [3.8, 4) is 5.75 Å². The number of aliphatic carboxylic acids is 1. The maximum Gasteiger partial charge on any atom is 0.310 e. The van der Waals surface area contributed by atoms with Gasteiger partial charge < -0.3 is 14.6 Å². The van der Waals surface area contributed by atoms with E-state index in [0.29, 0.717) is 19.0 Å². The lowest BCUT2D eigenvalue weighted by molar-refractivity contribution is -0.138. The maximum atomic E-state index is 11.1. The second kappa shape index (κ2) is 5.87. The molecule has 4 heteroatoms. The van der Waals surface area contributed by atoms with Gasteiger partial charge in [0, 0.05) is 18.4 Å². The minimum Gasteiger partial charge on any atom is -0.490 e. The summed E-state index contributed by atoms with van der Waals surface area (Å²) in [6.07, 6.45) is 1.84. The average molecular weight is 250 g/mol. The second-order valence-corrected chi connectivity index (χ2v) is 4.53. The molecule has 1 N–H and O–H groups in total. The van der Waals surface area contributed by atoms with Crippen LogP contribution in [0.1, 0.15) is 31.2 Å². The molecule has 1 fully saturated rings. The Morgan fingerprint density at radius 3 is 2.72 bits per heavy atom. The van der Waals surface area contributed by atoms with E-state index in [1.807, 2.05) is 24.3 Å². The first-order valence-corrected chi connectivity index (χ1v) is 6.24. The molecule has 1 saturated heterocycles. The zero-order valence-corrected chi connectivity index (χ0v) is 10.5. The average Bonchev–Trinajstić information content (AvgIpc) is 2.39. The molecule has 1 aromatic carbocycles. The molecule has 0 radical (unpaired) electrons. The van der Waals surface area contributed by atoms with E-state index in [2.05, 4.69) is 0 Å². The van der Waals surface area contributed by atoms with Crippen LogP contribution in [0.5, 0.6) is 5.75 Å². The maximum absolute atomic E-state index is 11.1. The first-order valence-electron chi connectivity index (χ1n) is 6.24. The third kappa shape index (κ3) is 3.01. The van der Waals surface area contributed by atoms with E-state index in [9.17, 15) is 4.79 Å². The molecule has 0 aromatic heterocycles. The summed E-state index contributed by atoms with van der Waals surface area (Å²) >= 11 is 0. The fourth-order valence-electron chi connectivity index (χ4n) is 2.05. The first-order chi connectivity index (χ1) is 8.68. The van der Waals surface area contributed by atoms with Crippen molar-refractivity contribution in [2.75, 3.05) is 13.2 Å². The quantitative estimate of drug-likeness (QED) is 0.891. The topological polar surface area (TPSA) is 55.8 Å². The van der Waals surface area contributed by atoms with Crippen LogP contribution in [0.25, 0.3) is 0 Å². The summed E-state index contributed by atoms with van der Waals surface area (Å²) in [4.78, 5) is 11.1. The molecule has 1 aliphatic heterocycles. The molecule has 1 aromatic rings. The zero-order valence-electron chi connectivity index (χ0n) is 10.5. The number of hydrogen-bond donors (Lipinski definition) is 1. The summed E-state index contributed by atoms with van der Waals surface area (Å²) in [7, 11) is 0. The van der Waals surface area contributed by atoms with Gasteiger partial charge in [0.2, 0.25) is 0 Å². The van der Waals surface area contributed by atoms with Crippen LogP contribution in [0.15, 0.2) is 24.3 Å². The van der Waals surface area contributed by atoms with Crippen molar-refractivity contribution in [3.63, 3.8) is 0 Å². The lowest BCUT2D eigenvalue weighted by atomic mass is 10.0. The molecule has 1 heterocycles. The third-order valence-electron chi connectivity index (χ3n) is 3.22. The molecule has 1 unspecified atom stereocenters. The van der Waals surface area contributed by atoms with Gasteiger partial charge in [-0.3, -0.25) is 4.79 Å². The molecule has 1 aliphatic rings. The predicted molar refractivity (Wildman–Crippen MR) is 67.0 cm³/mol. The summed E-state index contributed by atoms with van der Waals surface area (Å²) in [5, 5.41) is 9.09. The van der Waals surface area contributed by atoms with Crippen LogP contribution in [-0.2, 0) is 9.53 Å². The normalized spacial score (nSPS) is 18.3. The molecule has 98 valence electrons. The smallest absolute Gasteiger partial charge is 0.310 e. The summed E-state index contributed by atoms with van der Waals surface area (Å²) in [6, 6.07) is 7.36. The van der Waals surface area contributed by atoms with E-state index in [1.54, 1.807) is 6.92 Å². The van der Waals surface area contributed by atoms with Crippen LogP contribution in [0.4, 0.5) is 0 Å². The summed E-state index contributed by atoms with van der Waals surface area (Å²) in [5.74, 6) is -0.710. The number of rotatable bonds is 4. The Morgan fingerprint density at radius 1 is 1.39 bits per heavy atom. The number of para-hydroxylation sites is 1. The van der Waals surface area contributed by atoms with Crippen molar-refractivity contribution in [3.05, 3.63) is 29.8 Å². The second-order valence-electron chi connectivity index (χ2n) is 4.53. The highest BCUT2D eigenvalue weighted by molar-refractivity contribution is 5.76. The van der Waals surface area contributed by atoms with Gasteiger partial charge in [0.05, 0.1) is 19.1 Å². The van der Waals surface area contributed by atoms with E-state index in [0.717, 1.165) is 18.4 Å². The highest BCUT2D eigenvalue weighted by atomic mass is 16.5. The van der Waals surface area contributed by atoms with Crippen molar-refractivity contribution < 1.29 is 19.4 Å². The van der Waals surface area contributed by atoms with Gasteiger partial charge in [-0.25, -0.2) is 0 Å². The molecular weight excluding hydrogens is 232 g/mol. The monoisotopic (exact) mass is 250 g/mol. The van der Waals surface area contributed by atoms with Crippen molar-refractivity contribution >= 4 is 5.97 Å². The number of hydrogen-bond acceptors (Lipinski definition) is 3. The highest BCUT2D eigenvalue weighted by Crippen LogP contribution is 2.28. The predicted octanol–water partition coefficient (Wildman–Crippen LogP) is 2.43. The lowest BCUT2D eigenvalue weighted by Gasteiger charge is -2.25. The van der Waals surface area contributed by atoms with Gasteiger partial charge in [0.1, 0.15) is 11.9 Å². The minimum absolute atomic E-state index is 0.126. The van der Waals surface area contributed by atoms with E-state index in [-0.39, 0.29) is 6.10 Å². The van der Waals surface area contributed by atoms with Gasteiger partial charge in [0.15, 0.2) is 0 Å². The number of benzene rings is 1. The Morgan fingerprint density at radius 2 is 2.06 bits per heavy atom. The van der Waals surface area contributed by atoms with Crippen LogP contribution in [0.2, 0.25) is 0 Å². The van der Waals surface area contributed by atoms with E-state index in [1.165, 1.54) is 0 Å². The van der Waals surface area contributed by atoms with Crippen LogP contribution < -0.4 is 4.74 Å². The van der Waals surface area contributed by atoms with Crippen LogP contribution in [0.3, 0.4) is 0 Å². The number of carbonyl (C=O) groups is 1. The molecule has 18 heavy (non-hydrogen) atoms. The van der Waals surface area contributed by atoms with Crippen molar-refractivity contribution in [2.24, 2.45) is 0 Å². The Bertz CT molecular complexity index is 410. The van der Waals surface area contributed by atoms with E-state index >= 15 is 0 Å². The van der Waals surface area contributed by atoms with Crippen LogP contribution in [0, 0.1) is 0 Å². The van der Waals surface area contributed by atoms with Gasteiger partial charge in [0.25, 0.3) is 0 Å². The van der Waals surface area contributed by atoms with Crippen molar-refractivity contribution in [1.82, 2.24) is 0 Å². The Balaban J connectivity index is 2.13. The van der Waals surface area contributed by atoms with Gasteiger partial charge in [-0.15, -0.1) is 0 Å². The number of ether oxygens (including phenoxy) is 2. The molecular formula is C14H18O4. The van der Waals surface area contributed by atoms with Crippen LogP contribution in [-0.4, -0.2) is 30.4 Å². The van der Waals surface area contributed by atoms with Gasteiger partial charge in [-0.1, -0.05) is 18.2 Å². The standard InChI is InChI=1S/C14H18O4/c1-10(14(15)16)12-4-2-3-5-13(12)18-11-6-8-17-9-7-11/h2-5,10-11H,6-9H2,1H3,(H,15,16). The Hall–Kier alpha value is -1.55. The zero-order chi connectivity index (χ0) is 13.0. The van der Waals surface area contributed by atoms with Crippen molar-refractivity contribution in [1.29, 1.82) is 0 Å². The Labute approximate surface area is 107 Å². The first kappa shape index (κ1) is 12.9. The minimum atomic E-state index is -0.835. The molecule has 0 bridgehead atoms. The summed E-state index contributed by atoms with van der Waals surface area (Å²) in [5.41, 5.74) is 0.733. The SMILES string of the molecule is CC(C(=O)O)c1ccccc1OC1CCOCC1. The van der Waals surface area contributed by atoms with Crippen LogP contribution >= 0.6 is 0 Å². The van der Waals surface area contributed by atoms with Gasteiger partial charge in [-0.05, 0) is 13.0 Å². The molecule has 1 atom stereocenters. The molecule has 0 saturated carbocycles. The molecule has 0 aliphatic carbocycles. The van der Waals surface area contributed by atoms with Crippen molar-refractivity contribution in [2.45, 2.75) is 31.8 Å². The summed E-state index contributed by atoms with van der Waals surface area (Å²) in [6.45, 7) is 3.09. The highest BCUT2D eigenvalue weighted by Gasteiger charge is 2.21. The number of carboxylic acids is 1. The molecule has 4 nitrogen and oxygen atoms in total. The Kier molecular flexibility index (Phi) is 4.20. The van der Waals surface area contributed by atoms with Gasteiger partial charge >= 0.3 is 5.97 Å². The third-order valence-corrected chi connectivity index (χ3v) is 3.22. The largest absolute Gasteiger partial charge is 0.490 e.